The summed E-state index contributed by atoms with van der Waals surface area (Å²) >= 11 is 0. The van der Waals surface area contributed by atoms with Crippen molar-refractivity contribution in [1.82, 2.24) is 9.21 Å². The number of piperazine rings is 1. The van der Waals surface area contributed by atoms with Gasteiger partial charge in [0.1, 0.15) is 0 Å². The fraction of sp³-hybridized carbons (Fsp3) is 0.650. The number of carbonyl (C=O) groups excluding carboxylic acids is 1. The summed E-state index contributed by atoms with van der Waals surface area (Å²) in [5, 5.41) is 0. The van der Waals surface area contributed by atoms with Gasteiger partial charge >= 0.3 is 0 Å². The van der Waals surface area contributed by atoms with Crippen molar-refractivity contribution in [3.05, 3.63) is 29.8 Å². The SMILES string of the molecule is CC(C)c1ccc(S(=O)(=O)N2CCN(C(=O)C3CCCC(N)C3)CC2)cc1. The molecule has 1 aliphatic carbocycles. The Balaban J connectivity index is 1.61. The molecule has 2 unspecified atom stereocenters. The van der Waals surface area contributed by atoms with Crippen LogP contribution < -0.4 is 5.73 Å². The lowest BCUT2D eigenvalue weighted by Crippen LogP contribution is -2.52. The summed E-state index contributed by atoms with van der Waals surface area (Å²) in [6.07, 6.45) is 3.64. The predicted molar refractivity (Wildman–Crippen MR) is 106 cm³/mol. The number of sulfonamides is 1. The highest BCUT2D eigenvalue weighted by molar-refractivity contribution is 7.89. The number of rotatable bonds is 4. The summed E-state index contributed by atoms with van der Waals surface area (Å²) in [6, 6.07) is 7.24. The first-order chi connectivity index (χ1) is 12.8. The lowest BCUT2D eigenvalue weighted by molar-refractivity contribution is -0.137. The van der Waals surface area contributed by atoms with Gasteiger partial charge in [-0.05, 0) is 42.9 Å². The standard InChI is InChI=1S/C20H31N3O3S/c1-15(2)16-6-8-19(9-7-16)27(25,26)23-12-10-22(11-13-23)20(24)17-4-3-5-18(21)14-17/h6-9,15,17-18H,3-5,10-14,21H2,1-2H3. The molecule has 2 aliphatic rings. The Morgan fingerprint density at radius 1 is 1.07 bits per heavy atom. The first-order valence-electron chi connectivity index (χ1n) is 9.93. The van der Waals surface area contributed by atoms with Gasteiger partial charge < -0.3 is 10.6 Å². The summed E-state index contributed by atoms with van der Waals surface area (Å²) in [5.74, 6) is 0.508. The molecule has 2 atom stereocenters. The van der Waals surface area contributed by atoms with E-state index in [9.17, 15) is 13.2 Å². The molecule has 1 amide bonds. The second kappa shape index (κ2) is 8.29. The highest BCUT2D eigenvalue weighted by Gasteiger charge is 2.34. The highest BCUT2D eigenvalue weighted by Crippen LogP contribution is 2.26. The Morgan fingerprint density at radius 2 is 1.70 bits per heavy atom. The van der Waals surface area contributed by atoms with Gasteiger partial charge in [-0.15, -0.1) is 0 Å². The van der Waals surface area contributed by atoms with E-state index in [-0.39, 0.29) is 17.9 Å². The molecule has 0 radical (unpaired) electrons. The molecule has 7 heteroatoms. The van der Waals surface area contributed by atoms with Gasteiger partial charge in [0.2, 0.25) is 15.9 Å². The monoisotopic (exact) mass is 393 g/mol. The number of amides is 1. The maximum atomic E-state index is 12.9. The molecule has 1 aromatic rings. The first kappa shape index (κ1) is 20.3. The van der Waals surface area contributed by atoms with E-state index in [1.807, 2.05) is 17.0 Å². The zero-order chi connectivity index (χ0) is 19.6. The minimum atomic E-state index is -3.51. The molecule has 0 spiro atoms. The minimum Gasteiger partial charge on any atom is -0.340 e. The van der Waals surface area contributed by atoms with E-state index in [4.69, 9.17) is 5.73 Å². The Morgan fingerprint density at radius 3 is 2.26 bits per heavy atom. The van der Waals surface area contributed by atoms with Gasteiger partial charge in [0.15, 0.2) is 0 Å². The fourth-order valence-electron chi connectivity index (χ4n) is 4.03. The molecule has 1 heterocycles. The molecule has 1 aromatic carbocycles. The molecule has 27 heavy (non-hydrogen) atoms. The average molecular weight is 394 g/mol. The van der Waals surface area contributed by atoms with Gasteiger partial charge in [-0.3, -0.25) is 4.79 Å². The van der Waals surface area contributed by atoms with E-state index in [0.717, 1.165) is 31.2 Å². The van der Waals surface area contributed by atoms with Crippen molar-refractivity contribution in [3.8, 4) is 0 Å². The van der Waals surface area contributed by atoms with Gasteiger partial charge in [-0.2, -0.15) is 4.31 Å². The topological polar surface area (TPSA) is 83.7 Å². The number of hydrogen-bond acceptors (Lipinski definition) is 4. The van der Waals surface area contributed by atoms with E-state index in [2.05, 4.69) is 13.8 Å². The van der Waals surface area contributed by atoms with Crippen LogP contribution in [-0.2, 0) is 14.8 Å². The second-order valence-corrected chi connectivity index (χ2v) is 10.0. The van der Waals surface area contributed by atoms with Crippen molar-refractivity contribution in [1.29, 1.82) is 0 Å². The Bertz CT molecular complexity index is 753. The van der Waals surface area contributed by atoms with Crippen molar-refractivity contribution >= 4 is 15.9 Å². The van der Waals surface area contributed by atoms with Crippen LogP contribution in [0.25, 0.3) is 0 Å². The van der Waals surface area contributed by atoms with E-state index in [1.54, 1.807) is 12.1 Å². The summed E-state index contributed by atoms with van der Waals surface area (Å²) < 4.78 is 27.3. The molecular formula is C20H31N3O3S. The second-order valence-electron chi connectivity index (χ2n) is 8.08. The molecule has 1 saturated carbocycles. The smallest absolute Gasteiger partial charge is 0.243 e. The quantitative estimate of drug-likeness (QED) is 0.850. The lowest BCUT2D eigenvalue weighted by Gasteiger charge is -2.37. The van der Waals surface area contributed by atoms with Crippen LogP contribution in [0.15, 0.2) is 29.2 Å². The molecule has 0 aromatic heterocycles. The molecule has 150 valence electrons. The van der Waals surface area contributed by atoms with Crippen LogP contribution in [0, 0.1) is 5.92 Å². The maximum Gasteiger partial charge on any atom is 0.243 e. The van der Waals surface area contributed by atoms with E-state index < -0.39 is 10.0 Å². The molecule has 2 fully saturated rings. The van der Waals surface area contributed by atoms with Gasteiger partial charge in [-0.1, -0.05) is 32.4 Å². The molecule has 0 bridgehead atoms. The van der Waals surface area contributed by atoms with Crippen LogP contribution in [0.5, 0.6) is 0 Å². The molecule has 2 N–H and O–H groups in total. The molecular weight excluding hydrogens is 362 g/mol. The van der Waals surface area contributed by atoms with Crippen LogP contribution in [0.2, 0.25) is 0 Å². The zero-order valence-electron chi connectivity index (χ0n) is 16.3. The minimum absolute atomic E-state index is 0.000449. The fourth-order valence-corrected chi connectivity index (χ4v) is 5.45. The lowest BCUT2D eigenvalue weighted by atomic mass is 9.85. The number of benzene rings is 1. The average Bonchev–Trinajstić information content (AvgIpc) is 2.67. The van der Waals surface area contributed by atoms with Gasteiger partial charge in [0.05, 0.1) is 4.90 Å². The third-order valence-electron chi connectivity index (χ3n) is 5.80. The number of nitrogens with zero attached hydrogens (tertiary/aromatic N) is 2. The Hall–Kier alpha value is -1.44. The van der Waals surface area contributed by atoms with Crippen LogP contribution in [0.1, 0.15) is 51.0 Å². The van der Waals surface area contributed by atoms with Crippen LogP contribution in [0.3, 0.4) is 0 Å². The molecule has 1 aliphatic heterocycles. The molecule has 6 nitrogen and oxygen atoms in total. The summed E-state index contributed by atoms with van der Waals surface area (Å²) in [4.78, 5) is 14.9. The summed E-state index contributed by atoms with van der Waals surface area (Å²) in [5.41, 5.74) is 7.13. The normalized spacial score (nSPS) is 25.0. The van der Waals surface area contributed by atoms with Crippen LogP contribution in [-0.4, -0.2) is 55.8 Å². The highest BCUT2D eigenvalue weighted by atomic mass is 32.2. The van der Waals surface area contributed by atoms with E-state index in [1.165, 1.54) is 4.31 Å². The zero-order valence-corrected chi connectivity index (χ0v) is 17.1. The maximum absolute atomic E-state index is 12.9. The Kier molecular flexibility index (Phi) is 6.23. The summed E-state index contributed by atoms with van der Waals surface area (Å²) in [7, 11) is -3.51. The van der Waals surface area contributed by atoms with E-state index >= 15 is 0 Å². The predicted octanol–water partition coefficient (Wildman–Crippen LogP) is 2.16. The van der Waals surface area contributed by atoms with Crippen LogP contribution in [0.4, 0.5) is 0 Å². The van der Waals surface area contributed by atoms with Crippen molar-refractivity contribution in [2.24, 2.45) is 11.7 Å². The van der Waals surface area contributed by atoms with Crippen molar-refractivity contribution in [2.75, 3.05) is 26.2 Å². The van der Waals surface area contributed by atoms with Crippen molar-refractivity contribution < 1.29 is 13.2 Å². The summed E-state index contributed by atoms with van der Waals surface area (Å²) in [6.45, 7) is 5.76. The van der Waals surface area contributed by atoms with E-state index in [0.29, 0.717) is 37.0 Å². The number of carbonyl (C=O) groups is 1. The van der Waals surface area contributed by atoms with Gasteiger partial charge in [0.25, 0.3) is 0 Å². The number of nitrogens with two attached hydrogens (primary N) is 1. The number of hydrogen-bond donors (Lipinski definition) is 1. The third-order valence-corrected chi connectivity index (χ3v) is 7.71. The van der Waals surface area contributed by atoms with Gasteiger partial charge in [0, 0.05) is 38.1 Å². The first-order valence-corrected chi connectivity index (χ1v) is 11.4. The van der Waals surface area contributed by atoms with Crippen LogP contribution >= 0.6 is 0 Å². The molecule has 3 rings (SSSR count). The molecule has 1 saturated heterocycles. The van der Waals surface area contributed by atoms with Crippen molar-refractivity contribution in [2.45, 2.75) is 56.4 Å². The van der Waals surface area contributed by atoms with Gasteiger partial charge in [-0.25, -0.2) is 8.42 Å². The third kappa shape index (κ3) is 4.52. The van der Waals surface area contributed by atoms with Crippen molar-refractivity contribution in [3.63, 3.8) is 0 Å². The largest absolute Gasteiger partial charge is 0.340 e. The Labute approximate surface area is 162 Å².